The van der Waals surface area contributed by atoms with E-state index in [9.17, 15) is 14.4 Å². The molecule has 6 saturated carbocycles. The average Bonchev–Trinajstić information content (AvgIpc) is 3.42. The lowest BCUT2D eigenvalue weighted by molar-refractivity contribution is -0.130. The zero-order valence-electron chi connectivity index (χ0n) is 27.1. The van der Waals surface area contributed by atoms with Crippen molar-refractivity contribution in [2.75, 3.05) is 0 Å². The molecule has 4 bridgehead atoms. The van der Waals surface area contributed by atoms with Crippen LogP contribution in [0.1, 0.15) is 103 Å². The number of nitrogens with one attached hydrogen (secondary N) is 4. The Morgan fingerprint density at radius 3 is 2.40 bits per heavy atom. The number of carbonyl (C=O) groups is 3. The lowest BCUT2D eigenvalue weighted by Gasteiger charge is -2.53. The maximum atomic E-state index is 14.5. The summed E-state index contributed by atoms with van der Waals surface area (Å²) in [5.41, 5.74) is 0.734. The second-order valence-corrected chi connectivity index (χ2v) is 15.5. The summed E-state index contributed by atoms with van der Waals surface area (Å²) in [7, 11) is 0. The number of rotatable bonds is 9. The minimum atomic E-state index is -1.24. The van der Waals surface area contributed by atoms with Gasteiger partial charge in [0.15, 0.2) is 0 Å². The fraction of sp³-hybridized carbons (Fsp3) is 0.703. The third kappa shape index (κ3) is 6.23. The van der Waals surface area contributed by atoms with Gasteiger partial charge in [-0.05, 0) is 112 Å². The van der Waals surface area contributed by atoms with E-state index >= 15 is 0 Å². The summed E-state index contributed by atoms with van der Waals surface area (Å²) in [6, 6.07) is 7.79. The lowest BCUT2D eigenvalue weighted by atomic mass is 9.55. The third-order valence-electron chi connectivity index (χ3n) is 12.3. The molecule has 1 aromatic heterocycles. The van der Waals surface area contributed by atoms with Crippen LogP contribution in [-0.2, 0) is 20.7 Å². The Hall–Kier alpha value is -3.03. The van der Waals surface area contributed by atoms with Crippen LogP contribution in [0.5, 0.6) is 0 Å². The smallest absolute Gasteiger partial charge is 0.408 e. The quantitative estimate of drug-likeness (QED) is 0.262. The molecule has 2 aromatic rings. The number of para-hydroxylation sites is 1. The third-order valence-corrected chi connectivity index (χ3v) is 12.3. The minimum absolute atomic E-state index is 0.0575. The van der Waals surface area contributed by atoms with Crippen molar-refractivity contribution in [2.45, 2.75) is 127 Å². The number of ether oxygens (including phenoxy) is 1. The Bertz CT molecular complexity index is 1380. The number of aromatic nitrogens is 1. The molecule has 0 radical (unpaired) electrons. The molecular weight excluding hydrogens is 564 g/mol. The first-order valence-electron chi connectivity index (χ1n) is 17.9. The van der Waals surface area contributed by atoms with Crippen LogP contribution in [-0.4, -0.2) is 46.6 Å². The van der Waals surface area contributed by atoms with Gasteiger partial charge in [-0.3, -0.25) is 9.59 Å². The molecule has 0 aliphatic heterocycles. The highest BCUT2D eigenvalue weighted by atomic mass is 16.6. The maximum Gasteiger partial charge on any atom is 0.408 e. The zero-order chi connectivity index (χ0) is 31.1. The van der Waals surface area contributed by atoms with Crippen molar-refractivity contribution >= 4 is 28.8 Å². The molecule has 8 heteroatoms. The molecule has 6 aliphatic carbocycles. The molecular formula is C37H52N4O4. The van der Waals surface area contributed by atoms with Gasteiger partial charge in [0.05, 0.1) is 6.04 Å². The molecule has 5 atom stereocenters. The number of H-pyrrole nitrogens is 1. The van der Waals surface area contributed by atoms with Gasteiger partial charge in [-0.1, -0.05) is 44.4 Å². The van der Waals surface area contributed by atoms with Gasteiger partial charge in [0, 0.05) is 36.0 Å². The zero-order valence-corrected chi connectivity index (χ0v) is 27.1. The average molecular weight is 617 g/mol. The number of hydrogen-bond donors (Lipinski definition) is 4. The first kappa shape index (κ1) is 30.6. The molecule has 2 unspecified atom stereocenters. The molecule has 1 heterocycles. The van der Waals surface area contributed by atoms with Gasteiger partial charge >= 0.3 is 6.09 Å². The molecule has 244 valence electrons. The van der Waals surface area contributed by atoms with Crippen molar-refractivity contribution in [3.05, 3.63) is 36.0 Å². The summed E-state index contributed by atoms with van der Waals surface area (Å²) in [5.74, 6) is 3.27. The van der Waals surface area contributed by atoms with E-state index in [2.05, 4.69) is 27.0 Å². The fourth-order valence-electron chi connectivity index (χ4n) is 10.4. The molecule has 6 aliphatic rings. The summed E-state index contributed by atoms with van der Waals surface area (Å²) < 4.78 is 6.25. The van der Waals surface area contributed by atoms with Crippen LogP contribution in [0.3, 0.4) is 0 Å². The Morgan fingerprint density at radius 2 is 1.64 bits per heavy atom. The predicted molar refractivity (Wildman–Crippen MR) is 174 cm³/mol. The molecule has 4 N–H and O–H groups in total. The lowest BCUT2D eigenvalue weighted by Crippen LogP contribution is -2.65. The van der Waals surface area contributed by atoms with Gasteiger partial charge in [0.25, 0.3) is 0 Å². The van der Waals surface area contributed by atoms with Crippen LogP contribution in [0.15, 0.2) is 30.5 Å². The van der Waals surface area contributed by atoms with Crippen LogP contribution in [0.2, 0.25) is 0 Å². The highest BCUT2D eigenvalue weighted by Crippen LogP contribution is 2.54. The van der Waals surface area contributed by atoms with Gasteiger partial charge in [-0.2, -0.15) is 0 Å². The van der Waals surface area contributed by atoms with Crippen molar-refractivity contribution in [3.63, 3.8) is 0 Å². The van der Waals surface area contributed by atoms with Crippen molar-refractivity contribution in [3.8, 4) is 0 Å². The van der Waals surface area contributed by atoms with E-state index in [-0.39, 0.29) is 30.0 Å². The van der Waals surface area contributed by atoms with Crippen LogP contribution in [0.25, 0.3) is 10.9 Å². The van der Waals surface area contributed by atoms with Crippen LogP contribution >= 0.6 is 0 Å². The molecule has 45 heavy (non-hydrogen) atoms. The van der Waals surface area contributed by atoms with E-state index in [4.69, 9.17) is 4.74 Å². The van der Waals surface area contributed by atoms with Gasteiger partial charge < -0.3 is 25.7 Å². The second kappa shape index (κ2) is 12.6. The topological polar surface area (TPSA) is 112 Å². The maximum absolute atomic E-state index is 14.5. The number of hydrogen-bond acceptors (Lipinski definition) is 4. The number of aromatic amines is 1. The molecule has 8 nitrogen and oxygen atoms in total. The fourth-order valence-corrected chi connectivity index (χ4v) is 10.4. The number of amides is 3. The van der Waals surface area contributed by atoms with Crippen molar-refractivity contribution < 1.29 is 19.1 Å². The Kier molecular flexibility index (Phi) is 8.60. The van der Waals surface area contributed by atoms with E-state index in [1.54, 1.807) is 0 Å². The summed E-state index contributed by atoms with van der Waals surface area (Å²) in [6.45, 7) is 3.85. The van der Waals surface area contributed by atoms with Gasteiger partial charge in [-0.25, -0.2) is 4.79 Å². The molecule has 3 amide bonds. The van der Waals surface area contributed by atoms with E-state index in [1.165, 1.54) is 19.3 Å². The monoisotopic (exact) mass is 616 g/mol. The van der Waals surface area contributed by atoms with E-state index in [0.717, 1.165) is 86.1 Å². The van der Waals surface area contributed by atoms with Crippen molar-refractivity contribution in [1.82, 2.24) is 20.9 Å². The normalized spacial score (nSPS) is 34.8. The molecule has 1 aromatic carbocycles. The van der Waals surface area contributed by atoms with Crippen LogP contribution in [0, 0.1) is 35.5 Å². The number of benzene rings is 1. The molecule has 0 saturated heterocycles. The summed E-state index contributed by atoms with van der Waals surface area (Å²) >= 11 is 0. The Balaban J connectivity index is 1.12. The van der Waals surface area contributed by atoms with Crippen molar-refractivity contribution in [1.29, 1.82) is 0 Å². The highest BCUT2D eigenvalue weighted by Gasteiger charge is 2.51. The van der Waals surface area contributed by atoms with Crippen molar-refractivity contribution in [2.24, 2.45) is 35.5 Å². The van der Waals surface area contributed by atoms with E-state index in [1.807, 2.05) is 38.2 Å². The number of fused-ring (bicyclic) bond motifs is 2. The van der Waals surface area contributed by atoms with Gasteiger partial charge in [0.1, 0.15) is 11.6 Å². The second-order valence-electron chi connectivity index (χ2n) is 15.5. The molecule has 8 rings (SSSR count). The van der Waals surface area contributed by atoms with Crippen LogP contribution in [0.4, 0.5) is 4.79 Å². The Morgan fingerprint density at radius 1 is 0.911 bits per heavy atom. The standard InChI is InChI=1S/C37H52N4O4/c1-3-8-32(42)40-33-29-11-5-4-9-24(29)13-14-31(33)39-35(43)37(2,20-27-21-38-30-12-7-6-10-28(27)30)41-36(44)45-34-25-16-22-15-23(18-25)19-26(34)17-22/h6-7,10,12,21-26,29,31,33-34,38H,3-5,8-9,11,13-20H2,1-2H3,(H,39,43)(H,40,42)(H,41,44)/t22?,23?,24?,25?,26?,29?,31-,33+,34?,37+/m1/s1. The number of carbonyl (C=O) groups excluding carboxylic acids is 3. The highest BCUT2D eigenvalue weighted by molar-refractivity contribution is 5.92. The van der Waals surface area contributed by atoms with E-state index < -0.39 is 11.6 Å². The van der Waals surface area contributed by atoms with Gasteiger partial charge in [-0.15, -0.1) is 0 Å². The summed E-state index contributed by atoms with van der Waals surface area (Å²) in [6.07, 6.45) is 15.6. The van der Waals surface area contributed by atoms with E-state index in [0.29, 0.717) is 36.5 Å². The summed E-state index contributed by atoms with van der Waals surface area (Å²) in [4.78, 5) is 44.4. The first-order valence-corrected chi connectivity index (χ1v) is 17.9. The largest absolute Gasteiger partial charge is 0.446 e. The number of alkyl carbamates (subject to hydrolysis) is 1. The minimum Gasteiger partial charge on any atom is -0.446 e. The Labute approximate surface area is 267 Å². The SMILES string of the molecule is CCCC(=O)N[C@H]1C2CCCCC2CC[C@H]1NC(=O)[C@](C)(Cc1c[nH]c2ccccc12)NC(=O)OC1C2CC3CC(C2)CC1C3. The molecule has 6 fully saturated rings. The summed E-state index contributed by atoms with van der Waals surface area (Å²) in [5, 5.41) is 10.9. The predicted octanol–water partition coefficient (Wildman–Crippen LogP) is 6.39. The first-order chi connectivity index (χ1) is 21.8. The van der Waals surface area contributed by atoms with Gasteiger partial charge in [0.2, 0.25) is 11.8 Å². The molecule has 0 spiro atoms. The van der Waals surface area contributed by atoms with Crippen LogP contribution < -0.4 is 16.0 Å².